The molecule has 1 fully saturated rings. The minimum absolute atomic E-state index is 0.0236. The molecule has 2 aromatic rings. The zero-order chi connectivity index (χ0) is 18.3. The number of piperazine rings is 1. The lowest BCUT2D eigenvalue weighted by molar-refractivity contribution is 0.0695. The van der Waals surface area contributed by atoms with Gasteiger partial charge in [0.1, 0.15) is 11.2 Å². The van der Waals surface area contributed by atoms with Crippen LogP contribution >= 0.6 is 0 Å². The Labute approximate surface area is 144 Å². The van der Waals surface area contributed by atoms with Crippen LogP contribution in [0.25, 0.3) is 11.0 Å². The third-order valence-electron chi connectivity index (χ3n) is 4.66. The zero-order valence-corrected chi connectivity index (χ0v) is 14.5. The van der Waals surface area contributed by atoms with Gasteiger partial charge in [0.05, 0.1) is 5.39 Å². The number of nitrogens with zero attached hydrogens (tertiary/aromatic N) is 4. The lowest BCUT2D eigenvalue weighted by atomic mass is 10.2. The third-order valence-corrected chi connectivity index (χ3v) is 4.66. The highest BCUT2D eigenvalue weighted by atomic mass is 19.1. The predicted octanol–water partition coefficient (Wildman–Crippen LogP) is 1.30. The van der Waals surface area contributed by atoms with Gasteiger partial charge >= 0.3 is 5.97 Å². The first kappa shape index (κ1) is 17.3. The largest absolute Gasteiger partial charge is 0.477 e. The van der Waals surface area contributed by atoms with E-state index in [4.69, 9.17) is 5.11 Å². The average molecular weight is 348 g/mol. The van der Waals surface area contributed by atoms with Crippen LogP contribution in [0.5, 0.6) is 0 Å². The van der Waals surface area contributed by atoms with E-state index < -0.39 is 22.8 Å². The van der Waals surface area contributed by atoms with Crippen molar-refractivity contribution in [1.29, 1.82) is 0 Å². The van der Waals surface area contributed by atoms with E-state index in [2.05, 4.69) is 23.7 Å². The maximum absolute atomic E-state index is 14.6. The molecule has 0 unspecified atom stereocenters. The first-order valence-electron chi connectivity index (χ1n) is 8.21. The van der Waals surface area contributed by atoms with Gasteiger partial charge in [-0.15, -0.1) is 0 Å². The van der Waals surface area contributed by atoms with Crippen LogP contribution in [-0.4, -0.2) is 57.7 Å². The number of carboxylic acids is 1. The summed E-state index contributed by atoms with van der Waals surface area (Å²) in [7, 11) is 1.60. The minimum Gasteiger partial charge on any atom is -0.477 e. The zero-order valence-electron chi connectivity index (χ0n) is 14.5. The van der Waals surface area contributed by atoms with Crippen LogP contribution in [0.3, 0.4) is 0 Å². The number of aromatic carboxylic acids is 1. The molecule has 3 heterocycles. The van der Waals surface area contributed by atoms with Gasteiger partial charge in [0.25, 0.3) is 0 Å². The van der Waals surface area contributed by atoms with Crippen molar-refractivity contribution in [2.75, 3.05) is 31.1 Å². The second kappa shape index (κ2) is 6.44. The van der Waals surface area contributed by atoms with Crippen LogP contribution in [0.15, 0.2) is 17.1 Å². The van der Waals surface area contributed by atoms with E-state index >= 15 is 0 Å². The van der Waals surface area contributed by atoms with E-state index in [1.165, 1.54) is 10.8 Å². The van der Waals surface area contributed by atoms with Gasteiger partial charge in [0.15, 0.2) is 11.6 Å². The van der Waals surface area contributed by atoms with Crippen molar-refractivity contribution in [3.8, 4) is 0 Å². The molecule has 8 heteroatoms. The number of hydrogen-bond acceptors (Lipinski definition) is 5. The van der Waals surface area contributed by atoms with Crippen molar-refractivity contribution in [3.05, 3.63) is 33.9 Å². The highest BCUT2D eigenvalue weighted by molar-refractivity contribution is 5.92. The molecule has 3 rings (SSSR count). The second-order valence-electron chi connectivity index (χ2n) is 6.57. The number of aryl methyl sites for hydroxylation is 1. The van der Waals surface area contributed by atoms with Gasteiger partial charge in [-0.2, -0.15) is 0 Å². The quantitative estimate of drug-likeness (QED) is 0.901. The molecule has 1 aliphatic rings. The van der Waals surface area contributed by atoms with E-state index in [1.54, 1.807) is 7.05 Å². The SMILES string of the molecule is CC(C)N1CCN(c2nc3c(cc2F)c(=O)c(C(=O)O)cn3C)CC1. The number of carboxylic acid groups (broad SMARTS) is 1. The molecule has 0 saturated carbocycles. The molecule has 1 aliphatic heterocycles. The van der Waals surface area contributed by atoms with Gasteiger partial charge < -0.3 is 14.6 Å². The van der Waals surface area contributed by atoms with Crippen LogP contribution in [0.4, 0.5) is 10.2 Å². The van der Waals surface area contributed by atoms with Crippen LogP contribution in [-0.2, 0) is 7.05 Å². The summed E-state index contributed by atoms with van der Waals surface area (Å²) < 4.78 is 16.0. The average Bonchev–Trinajstić information content (AvgIpc) is 2.57. The molecule has 1 saturated heterocycles. The lowest BCUT2D eigenvalue weighted by Crippen LogP contribution is -2.49. The molecule has 0 bridgehead atoms. The normalized spacial score (nSPS) is 16.0. The Morgan fingerprint density at radius 2 is 1.92 bits per heavy atom. The minimum atomic E-state index is -1.34. The van der Waals surface area contributed by atoms with E-state index in [-0.39, 0.29) is 16.9 Å². The molecular formula is C17H21FN4O3. The summed E-state index contributed by atoms with van der Waals surface area (Å²) in [4.78, 5) is 31.9. The number of carbonyl (C=O) groups is 1. The van der Waals surface area contributed by atoms with Crippen molar-refractivity contribution in [3.63, 3.8) is 0 Å². The van der Waals surface area contributed by atoms with Crippen molar-refractivity contribution < 1.29 is 14.3 Å². The molecule has 0 radical (unpaired) electrons. The van der Waals surface area contributed by atoms with Crippen LogP contribution < -0.4 is 10.3 Å². The summed E-state index contributed by atoms with van der Waals surface area (Å²) in [5, 5.41) is 9.08. The Balaban J connectivity index is 2.03. The number of pyridine rings is 2. The molecule has 134 valence electrons. The van der Waals surface area contributed by atoms with Gasteiger partial charge in [0.2, 0.25) is 5.43 Å². The molecule has 25 heavy (non-hydrogen) atoms. The monoisotopic (exact) mass is 348 g/mol. The Bertz CT molecular complexity index is 886. The molecule has 0 aromatic carbocycles. The third kappa shape index (κ3) is 3.09. The summed E-state index contributed by atoms with van der Waals surface area (Å²) in [5.74, 6) is -1.74. The van der Waals surface area contributed by atoms with E-state index in [9.17, 15) is 14.0 Å². The number of anilines is 1. The fourth-order valence-electron chi connectivity index (χ4n) is 3.19. The highest BCUT2D eigenvalue weighted by Gasteiger charge is 2.24. The molecule has 0 amide bonds. The maximum Gasteiger partial charge on any atom is 0.341 e. The summed E-state index contributed by atoms with van der Waals surface area (Å²) in [6.45, 7) is 7.17. The summed E-state index contributed by atoms with van der Waals surface area (Å²) in [6, 6.07) is 1.54. The molecule has 7 nitrogen and oxygen atoms in total. The maximum atomic E-state index is 14.6. The van der Waals surface area contributed by atoms with E-state index in [1.807, 2.05) is 4.90 Å². The van der Waals surface area contributed by atoms with Crippen molar-refractivity contribution >= 4 is 22.8 Å². The fraction of sp³-hybridized carbons (Fsp3) is 0.471. The number of aromatic nitrogens is 2. The summed E-state index contributed by atoms with van der Waals surface area (Å²) in [5.41, 5.74) is -0.838. The van der Waals surface area contributed by atoms with Crippen LogP contribution in [0, 0.1) is 5.82 Å². The van der Waals surface area contributed by atoms with E-state index in [0.717, 1.165) is 19.2 Å². The van der Waals surface area contributed by atoms with Crippen molar-refractivity contribution in [2.24, 2.45) is 7.05 Å². The molecule has 0 aliphatic carbocycles. The second-order valence-corrected chi connectivity index (χ2v) is 6.57. The number of hydrogen-bond donors (Lipinski definition) is 1. The Hall–Kier alpha value is -2.48. The van der Waals surface area contributed by atoms with Crippen LogP contribution in [0.1, 0.15) is 24.2 Å². The van der Waals surface area contributed by atoms with Crippen molar-refractivity contribution in [2.45, 2.75) is 19.9 Å². The van der Waals surface area contributed by atoms with Gasteiger partial charge in [0, 0.05) is 45.5 Å². The Morgan fingerprint density at radius 3 is 2.48 bits per heavy atom. The topological polar surface area (TPSA) is 78.7 Å². The fourth-order valence-corrected chi connectivity index (χ4v) is 3.19. The summed E-state index contributed by atoms with van der Waals surface area (Å²) >= 11 is 0. The van der Waals surface area contributed by atoms with Gasteiger partial charge in [-0.25, -0.2) is 14.2 Å². The first-order valence-corrected chi connectivity index (χ1v) is 8.21. The lowest BCUT2D eigenvalue weighted by Gasteiger charge is -2.37. The van der Waals surface area contributed by atoms with Crippen molar-refractivity contribution in [1.82, 2.24) is 14.5 Å². The molecular weight excluding hydrogens is 327 g/mol. The Morgan fingerprint density at radius 1 is 1.28 bits per heavy atom. The number of fused-ring (bicyclic) bond motifs is 1. The first-order chi connectivity index (χ1) is 11.8. The predicted molar refractivity (Wildman–Crippen MR) is 92.8 cm³/mol. The molecule has 2 aromatic heterocycles. The molecule has 1 N–H and O–H groups in total. The van der Waals surface area contributed by atoms with E-state index in [0.29, 0.717) is 19.1 Å². The highest BCUT2D eigenvalue weighted by Crippen LogP contribution is 2.22. The van der Waals surface area contributed by atoms with Gasteiger partial charge in [-0.05, 0) is 19.9 Å². The van der Waals surface area contributed by atoms with Gasteiger partial charge in [-0.3, -0.25) is 9.69 Å². The number of rotatable bonds is 3. The molecule has 0 atom stereocenters. The Kier molecular flexibility index (Phi) is 4.47. The number of halogens is 1. The van der Waals surface area contributed by atoms with Gasteiger partial charge in [-0.1, -0.05) is 0 Å². The molecule has 0 spiro atoms. The van der Waals surface area contributed by atoms with Crippen LogP contribution in [0.2, 0.25) is 0 Å². The smallest absolute Gasteiger partial charge is 0.341 e. The standard InChI is InChI=1S/C17H21FN4O3/c1-10(2)21-4-6-22(7-5-21)16-13(18)8-11-14(23)12(17(24)25)9-20(3)15(11)19-16/h8-10H,4-7H2,1-3H3,(H,24,25). The summed E-state index contributed by atoms with van der Waals surface area (Å²) in [6.07, 6.45) is 1.22.